The summed E-state index contributed by atoms with van der Waals surface area (Å²) in [6.45, 7) is 24.3. The Morgan fingerprint density at radius 2 is 1.21 bits per heavy atom. The molecule has 3 aromatic rings. The largest absolute Gasteiger partial charge is 0.379 e. The van der Waals surface area contributed by atoms with Crippen molar-refractivity contribution in [1.82, 2.24) is 27.8 Å². The number of hydrogen-bond donors (Lipinski definition) is 0. The lowest BCUT2D eigenvalue weighted by atomic mass is 10.1. The quantitative estimate of drug-likeness (QED) is 0.0186. The van der Waals surface area contributed by atoms with Gasteiger partial charge in [-0.05, 0) is 76.5 Å². The van der Waals surface area contributed by atoms with Crippen molar-refractivity contribution in [2.45, 2.75) is 214 Å². The van der Waals surface area contributed by atoms with Gasteiger partial charge in [-0.15, -0.1) is 11.8 Å². The van der Waals surface area contributed by atoms with Crippen LogP contribution in [0.3, 0.4) is 0 Å². The van der Waals surface area contributed by atoms with Crippen molar-refractivity contribution in [3.05, 3.63) is 111 Å². The molecule has 78 heavy (non-hydrogen) atoms. The number of unbranched alkanes of at least 4 members (excludes halogenated alkanes) is 7. The average molecular weight is 1110 g/mol. The minimum Gasteiger partial charge on any atom is -0.379 e. The lowest BCUT2D eigenvalue weighted by molar-refractivity contribution is -0.0461. The Balaban J connectivity index is 0.000000253. The molecule has 1 unspecified atom stereocenters. The van der Waals surface area contributed by atoms with E-state index in [9.17, 15) is 24.0 Å². The number of azide groups is 1. The van der Waals surface area contributed by atoms with E-state index in [0.717, 1.165) is 128 Å². The SMILES string of the molecule is CCCCOC[C@@H]1C=C[C@H](n2cc(C)c(=O)n(CCCC)c2=O)O1.CCCCOC[C@H]1O[C@@H](n2cc(C)c(=O)n(CCCC)c2=O)CC1N=[N+]=[N-].CCCCOC[C@H]1O[C@@H](n2ccc(N(CCCC)CCCC)nc2=O)CS1. The molecule has 0 radical (unpaired) electrons. The van der Waals surface area contributed by atoms with E-state index < -0.39 is 30.3 Å². The lowest BCUT2D eigenvalue weighted by Gasteiger charge is -2.24. The maximum absolute atomic E-state index is 12.8. The number of thioether (sulfide) groups is 1. The Kier molecular flexibility index (Phi) is 30.7. The molecule has 7 atom stereocenters. The van der Waals surface area contributed by atoms with E-state index in [4.69, 9.17) is 34.0 Å². The fourth-order valence-corrected chi connectivity index (χ4v) is 9.75. The minimum absolute atomic E-state index is 0.0101. The first-order valence-electron chi connectivity index (χ1n) is 28.8. The lowest BCUT2D eigenvalue weighted by Crippen LogP contribution is -2.42. The zero-order valence-electron chi connectivity index (χ0n) is 48.3. The van der Waals surface area contributed by atoms with Gasteiger partial charge in [0.2, 0.25) is 0 Å². The molecule has 3 aliphatic rings. The molecule has 6 heterocycles. The van der Waals surface area contributed by atoms with Gasteiger partial charge in [-0.2, -0.15) is 4.98 Å². The molecule has 22 heteroatoms. The van der Waals surface area contributed by atoms with Gasteiger partial charge >= 0.3 is 17.1 Å². The number of hydrogen-bond acceptors (Lipinski definition) is 15. The Bertz CT molecular complexity index is 2600. The highest BCUT2D eigenvalue weighted by molar-refractivity contribution is 8.00. The Morgan fingerprint density at radius 3 is 1.76 bits per heavy atom. The smallest absolute Gasteiger partial charge is 0.351 e. The summed E-state index contributed by atoms with van der Waals surface area (Å²) in [5.41, 5.74) is 8.43. The van der Waals surface area contributed by atoms with Gasteiger partial charge in [-0.3, -0.25) is 32.4 Å². The molecule has 2 saturated heterocycles. The van der Waals surface area contributed by atoms with Gasteiger partial charge in [0, 0.05) is 92.8 Å². The van der Waals surface area contributed by atoms with Gasteiger partial charge in [-0.1, -0.05) is 105 Å². The van der Waals surface area contributed by atoms with E-state index in [1.165, 1.54) is 24.5 Å². The topological polar surface area (TPSA) is 230 Å². The molecule has 3 aliphatic heterocycles. The van der Waals surface area contributed by atoms with E-state index in [-0.39, 0.29) is 40.3 Å². The normalized spacial score (nSPS) is 20.5. The highest BCUT2D eigenvalue weighted by Gasteiger charge is 2.37. The van der Waals surface area contributed by atoms with Crippen molar-refractivity contribution in [2.24, 2.45) is 5.11 Å². The van der Waals surface area contributed by atoms with Crippen molar-refractivity contribution in [3.63, 3.8) is 0 Å². The average Bonchev–Trinajstić information content (AvgIpc) is 4.31. The van der Waals surface area contributed by atoms with Crippen molar-refractivity contribution in [3.8, 4) is 0 Å². The summed E-state index contributed by atoms with van der Waals surface area (Å²) >= 11 is 1.70. The number of ether oxygens (including phenoxy) is 6. The van der Waals surface area contributed by atoms with Crippen molar-refractivity contribution >= 4 is 17.6 Å². The second kappa shape index (κ2) is 36.5. The minimum atomic E-state index is -0.583. The van der Waals surface area contributed by atoms with E-state index in [1.54, 1.807) is 36.4 Å². The standard InChI is InChI=1S/C20H35N3O3S.C18H29N5O4.C18H28N2O4/c1-4-7-11-22(12-8-5-2)17-10-13-23(20(24)21-17)18-16-27-19(26-18)15-25-14-9-6-3;1-4-6-8-22-17(24)13(3)11-23(18(22)25)16-10-14(20-21-19)15(27-16)12-26-9-7-5-2;1-4-6-10-19-17(21)14(3)12-20(18(19)22)16-9-8-15(24-16)13-23-11-7-5-2/h10,13,18-19H,4-9,11-12,14-16H2,1-3H3;11,14-16H,4-10,12H2,1-3H3;8-9,12,15-16H,4-7,10-11,13H2,1-3H3/t18-,19+;14?,15-,16-;15-,16+/m110/s1. The monoisotopic (exact) mass is 1110 g/mol. The number of aryl methyl sites for hydroxylation is 2. The van der Waals surface area contributed by atoms with Crippen LogP contribution in [0.25, 0.3) is 10.4 Å². The number of rotatable bonds is 32. The Morgan fingerprint density at radius 1 is 0.667 bits per heavy atom. The van der Waals surface area contributed by atoms with Crippen molar-refractivity contribution in [2.75, 3.05) is 63.4 Å². The van der Waals surface area contributed by atoms with Crippen LogP contribution in [-0.4, -0.2) is 110 Å². The van der Waals surface area contributed by atoms with Gasteiger partial charge in [0.25, 0.3) is 11.1 Å². The molecule has 0 spiro atoms. The van der Waals surface area contributed by atoms with Crippen LogP contribution in [0, 0.1) is 13.8 Å². The van der Waals surface area contributed by atoms with Crippen LogP contribution in [0.2, 0.25) is 0 Å². The first-order chi connectivity index (χ1) is 37.8. The van der Waals surface area contributed by atoms with Crippen LogP contribution >= 0.6 is 11.8 Å². The third-order valence-electron chi connectivity index (χ3n) is 13.5. The van der Waals surface area contributed by atoms with Gasteiger partial charge in [0.15, 0.2) is 6.23 Å². The third-order valence-corrected chi connectivity index (χ3v) is 14.6. The molecule has 2 fully saturated rings. The molecule has 0 N–H and O–H groups in total. The molecule has 0 saturated carbocycles. The first-order valence-corrected chi connectivity index (χ1v) is 29.9. The maximum atomic E-state index is 12.8. The zero-order valence-corrected chi connectivity index (χ0v) is 49.1. The van der Waals surface area contributed by atoms with Gasteiger partial charge < -0.3 is 33.3 Å². The number of nitrogens with zero attached hydrogens (tertiary/aromatic N) is 10. The molecule has 3 aromatic heterocycles. The first kappa shape index (κ1) is 65.7. The summed E-state index contributed by atoms with van der Waals surface area (Å²) in [5.74, 6) is 1.53. The molecule has 0 amide bonds. The Labute approximate surface area is 465 Å². The molecule has 21 nitrogen and oxygen atoms in total. The molecule has 0 bridgehead atoms. The zero-order chi connectivity index (χ0) is 56.8. The van der Waals surface area contributed by atoms with Crippen LogP contribution in [-0.2, 0) is 41.5 Å². The molecule has 0 aromatic carbocycles. The number of aromatic nitrogens is 6. The van der Waals surface area contributed by atoms with Crippen LogP contribution < -0.4 is 33.1 Å². The summed E-state index contributed by atoms with van der Waals surface area (Å²) in [6.07, 6.45) is 21.3. The van der Waals surface area contributed by atoms with Gasteiger partial charge in [-0.25, -0.2) is 14.4 Å². The fraction of sp³-hybridized carbons (Fsp3) is 0.750. The van der Waals surface area contributed by atoms with E-state index in [0.29, 0.717) is 57.1 Å². The van der Waals surface area contributed by atoms with Crippen LogP contribution in [0.4, 0.5) is 5.82 Å². The third kappa shape index (κ3) is 20.4. The molecule has 438 valence electrons. The van der Waals surface area contributed by atoms with Crippen molar-refractivity contribution < 1.29 is 28.4 Å². The predicted molar refractivity (Wildman–Crippen MR) is 308 cm³/mol. The highest BCUT2D eigenvalue weighted by atomic mass is 32.2. The summed E-state index contributed by atoms with van der Waals surface area (Å²) in [6, 6.07) is 1.54. The second-order valence-electron chi connectivity index (χ2n) is 20.0. The summed E-state index contributed by atoms with van der Waals surface area (Å²) in [5, 5.41) is 3.81. The van der Waals surface area contributed by atoms with E-state index >= 15 is 0 Å². The number of anilines is 1. The highest BCUT2D eigenvalue weighted by Crippen LogP contribution is 2.32. The van der Waals surface area contributed by atoms with Crippen LogP contribution in [0.15, 0.2) is 65.9 Å². The summed E-state index contributed by atoms with van der Waals surface area (Å²) in [4.78, 5) is 72.0. The molecule has 0 aliphatic carbocycles. The van der Waals surface area contributed by atoms with Crippen LogP contribution in [0.5, 0.6) is 0 Å². The van der Waals surface area contributed by atoms with Crippen molar-refractivity contribution in [1.29, 1.82) is 0 Å². The van der Waals surface area contributed by atoms with Gasteiger partial charge in [0.05, 0.1) is 32.0 Å². The Hall–Kier alpha value is -4.80. The second-order valence-corrected chi connectivity index (χ2v) is 21.2. The fourth-order valence-electron chi connectivity index (χ4n) is 8.73. The molecular weight excluding hydrogens is 1020 g/mol. The summed E-state index contributed by atoms with van der Waals surface area (Å²) in [7, 11) is 0. The molecular formula is C56H92N10O11S. The van der Waals surface area contributed by atoms with Crippen LogP contribution in [0.1, 0.15) is 175 Å². The van der Waals surface area contributed by atoms with E-state index in [2.05, 4.69) is 54.5 Å². The maximum Gasteiger partial charge on any atom is 0.351 e. The molecule has 6 rings (SSSR count). The summed E-state index contributed by atoms with van der Waals surface area (Å²) < 4.78 is 41.8. The predicted octanol–water partition coefficient (Wildman–Crippen LogP) is 9.35. The van der Waals surface area contributed by atoms with E-state index in [1.807, 2.05) is 38.3 Å². The van der Waals surface area contributed by atoms with Gasteiger partial charge in [0.1, 0.15) is 29.8 Å².